The van der Waals surface area contributed by atoms with Crippen LogP contribution in [0.15, 0.2) is 36.5 Å². The standard InChI is InChI=1S/C16H18ClN3O2/c1-11-10-22-12(2)9-19(11)16(21)14-7-8-20(18-14)15-6-4-3-5-13(15)17/h3-8,11-12H,9-10H2,1-2H3/t11-,12+/m1/s1. The molecule has 0 spiro atoms. The third-order valence-corrected chi connectivity index (χ3v) is 4.10. The first-order valence-corrected chi connectivity index (χ1v) is 7.67. The van der Waals surface area contributed by atoms with Crippen LogP contribution in [0.2, 0.25) is 5.02 Å². The van der Waals surface area contributed by atoms with Crippen LogP contribution in [0.3, 0.4) is 0 Å². The van der Waals surface area contributed by atoms with Gasteiger partial charge in [-0.2, -0.15) is 5.10 Å². The van der Waals surface area contributed by atoms with Gasteiger partial charge in [-0.1, -0.05) is 23.7 Å². The Morgan fingerprint density at radius 3 is 2.86 bits per heavy atom. The lowest BCUT2D eigenvalue weighted by Crippen LogP contribution is -2.50. The van der Waals surface area contributed by atoms with Crippen molar-refractivity contribution in [3.05, 3.63) is 47.2 Å². The van der Waals surface area contributed by atoms with Crippen molar-refractivity contribution in [2.45, 2.75) is 26.0 Å². The number of aromatic nitrogens is 2. The molecule has 116 valence electrons. The van der Waals surface area contributed by atoms with E-state index >= 15 is 0 Å². The summed E-state index contributed by atoms with van der Waals surface area (Å²) in [4.78, 5) is 14.5. The first kappa shape index (κ1) is 15.1. The predicted molar refractivity (Wildman–Crippen MR) is 84.5 cm³/mol. The van der Waals surface area contributed by atoms with Crippen LogP contribution in [-0.2, 0) is 4.74 Å². The van der Waals surface area contributed by atoms with Crippen LogP contribution in [0.1, 0.15) is 24.3 Å². The summed E-state index contributed by atoms with van der Waals surface area (Å²) in [6.07, 6.45) is 1.80. The van der Waals surface area contributed by atoms with Gasteiger partial charge in [0.15, 0.2) is 5.69 Å². The van der Waals surface area contributed by atoms with E-state index in [1.54, 1.807) is 23.0 Å². The Labute approximate surface area is 134 Å². The summed E-state index contributed by atoms with van der Waals surface area (Å²) in [6.45, 7) is 5.08. The molecule has 0 radical (unpaired) electrons. The molecular weight excluding hydrogens is 302 g/mol. The van der Waals surface area contributed by atoms with Gasteiger partial charge in [-0.05, 0) is 32.0 Å². The van der Waals surface area contributed by atoms with Gasteiger partial charge in [-0.3, -0.25) is 4.79 Å². The first-order chi connectivity index (χ1) is 10.6. The van der Waals surface area contributed by atoms with Gasteiger partial charge in [0.25, 0.3) is 5.91 Å². The van der Waals surface area contributed by atoms with Gasteiger partial charge in [-0.25, -0.2) is 4.68 Å². The molecule has 1 amide bonds. The highest BCUT2D eigenvalue weighted by molar-refractivity contribution is 6.32. The molecule has 2 aromatic rings. The van der Waals surface area contributed by atoms with Gasteiger partial charge in [0.2, 0.25) is 0 Å². The Morgan fingerprint density at radius 2 is 2.09 bits per heavy atom. The van der Waals surface area contributed by atoms with E-state index in [9.17, 15) is 4.79 Å². The van der Waals surface area contributed by atoms with E-state index in [1.807, 2.05) is 36.9 Å². The van der Waals surface area contributed by atoms with Crippen molar-refractivity contribution in [3.63, 3.8) is 0 Å². The maximum atomic E-state index is 12.6. The molecule has 1 saturated heterocycles. The number of rotatable bonds is 2. The minimum Gasteiger partial charge on any atom is -0.375 e. The molecule has 0 N–H and O–H groups in total. The van der Waals surface area contributed by atoms with Gasteiger partial charge in [0.05, 0.1) is 29.5 Å². The Hall–Kier alpha value is -1.85. The molecule has 1 aromatic heterocycles. The SMILES string of the molecule is C[C@@H]1CO[C@@H](C)CN1C(=O)c1ccn(-c2ccccc2Cl)n1. The van der Waals surface area contributed by atoms with Crippen LogP contribution in [0, 0.1) is 0 Å². The fourth-order valence-electron chi connectivity index (χ4n) is 2.54. The van der Waals surface area contributed by atoms with Crippen LogP contribution >= 0.6 is 11.6 Å². The lowest BCUT2D eigenvalue weighted by atomic mass is 10.2. The number of nitrogens with zero attached hydrogens (tertiary/aromatic N) is 3. The molecule has 5 nitrogen and oxygen atoms in total. The van der Waals surface area contributed by atoms with E-state index in [0.717, 1.165) is 5.69 Å². The fourth-order valence-corrected chi connectivity index (χ4v) is 2.77. The highest BCUT2D eigenvalue weighted by Crippen LogP contribution is 2.20. The van der Waals surface area contributed by atoms with Gasteiger partial charge >= 0.3 is 0 Å². The number of hydrogen-bond donors (Lipinski definition) is 0. The molecule has 1 aliphatic rings. The topological polar surface area (TPSA) is 47.4 Å². The van der Waals surface area contributed by atoms with E-state index in [4.69, 9.17) is 16.3 Å². The highest BCUT2D eigenvalue weighted by atomic mass is 35.5. The third-order valence-electron chi connectivity index (χ3n) is 3.78. The molecule has 3 rings (SSSR count). The monoisotopic (exact) mass is 319 g/mol. The maximum absolute atomic E-state index is 12.6. The summed E-state index contributed by atoms with van der Waals surface area (Å²) in [5, 5.41) is 4.97. The van der Waals surface area contributed by atoms with Crippen LogP contribution in [-0.4, -0.2) is 45.9 Å². The van der Waals surface area contributed by atoms with Crippen LogP contribution in [0.4, 0.5) is 0 Å². The van der Waals surface area contributed by atoms with Crippen LogP contribution < -0.4 is 0 Å². The fraction of sp³-hybridized carbons (Fsp3) is 0.375. The van der Waals surface area contributed by atoms with Crippen molar-refractivity contribution in [2.75, 3.05) is 13.2 Å². The van der Waals surface area contributed by atoms with Gasteiger partial charge in [0.1, 0.15) is 0 Å². The smallest absolute Gasteiger partial charge is 0.274 e. The summed E-state index contributed by atoms with van der Waals surface area (Å²) >= 11 is 6.17. The van der Waals surface area contributed by atoms with E-state index in [0.29, 0.717) is 23.9 Å². The number of hydrogen-bond acceptors (Lipinski definition) is 3. The zero-order chi connectivity index (χ0) is 15.7. The molecule has 0 bridgehead atoms. The molecule has 22 heavy (non-hydrogen) atoms. The first-order valence-electron chi connectivity index (χ1n) is 7.29. The molecule has 1 fully saturated rings. The summed E-state index contributed by atoms with van der Waals surface area (Å²) in [5.41, 5.74) is 1.17. The normalized spacial score (nSPS) is 21.9. The molecule has 0 unspecified atom stereocenters. The summed E-state index contributed by atoms with van der Waals surface area (Å²) in [6, 6.07) is 9.18. The Kier molecular flexibility index (Phi) is 4.18. The van der Waals surface area contributed by atoms with Gasteiger partial charge < -0.3 is 9.64 Å². The number of morpholine rings is 1. The Balaban J connectivity index is 1.84. The van der Waals surface area contributed by atoms with Crippen molar-refractivity contribution < 1.29 is 9.53 Å². The third kappa shape index (κ3) is 2.87. The lowest BCUT2D eigenvalue weighted by Gasteiger charge is -2.36. The zero-order valence-electron chi connectivity index (χ0n) is 12.6. The summed E-state index contributed by atoms with van der Waals surface area (Å²) in [7, 11) is 0. The molecule has 0 saturated carbocycles. The number of para-hydroxylation sites is 1. The zero-order valence-corrected chi connectivity index (χ0v) is 13.3. The summed E-state index contributed by atoms with van der Waals surface area (Å²) < 4.78 is 7.19. The van der Waals surface area contributed by atoms with Gasteiger partial charge in [-0.15, -0.1) is 0 Å². The molecule has 1 aliphatic heterocycles. The van der Waals surface area contributed by atoms with E-state index < -0.39 is 0 Å². The molecule has 0 aliphatic carbocycles. The van der Waals surface area contributed by atoms with Crippen molar-refractivity contribution >= 4 is 17.5 Å². The van der Waals surface area contributed by atoms with E-state index in [-0.39, 0.29) is 18.1 Å². The van der Waals surface area contributed by atoms with Crippen LogP contribution in [0.25, 0.3) is 5.69 Å². The molecule has 2 atom stereocenters. The summed E-state index contributed by atoms with van der Waals surface area (Å²) in [5.74, 6) is -0.0755. The average molecular weight is 320 g/mol. The van der Waals surface area contributed by atoms with Crippen molar-refractivity contribution in [1.29, 1.82) is 0 Å². The van der Waals surface area contributed by atoms with Crippen LogP contribution in [0.5, 0.6) is 0 Å². The largest absolute Gasteiger partial charge is 0.375 e. The minimum atomic E-state index is -0.0755. The number of halogens is 1. The van der Waals surface area contributed by atoms with Crippen molar-refractivity contribution in [3.8, 4) is 5.69 Å². The molecular formula is C16H18ClN3O2. The molecule has 6 heteroatoms. The molecule has 1 aromatic carbocycles. The minimum absolute atomic E-state index is 0.0470. The second-order valence-corrected chi connectivity index (χ2v) is 5.95. The maximum Gasteiger partial charge on any atom is 0.274 e. The van der Waals surface area contributed by atoms with Crippen molar-refractivity contribution in [2.24, 2.45) is 0 Å². The second kappa shape index (κ2) is 6.10. The Morgan fingerprint density at radius 1 is 1.32 bits per heavy atom. The molecule has 2 heterocycles. The number of ether oxygens (including phenoxy) is 1. The lowest BCUT2D eigenvalue weighted by molar-refractivity contribution is -0.0389. The number of carbonyl (C=O) groups excluding carboxylic acids is 1. The Bertz CT molecular complexity index is 686. The predicted octanol–water partition coefficient (Wildman–Crippen LogP) is 2.78. The van der Waals surface area contributed by atoms with E-state index in [2.05, 4.69) is 5.10 Å². The number of benzene rings is 1. The number of carbonyl (C=O) groups is 1. The van der Waals surface area contributed by atoms with E-state index in [1.165, 1.54) is 0 Å². The second-order valence-electron chi connectivity index (χ2n) is 5.55. The van der Waals surface area contributed by atoms with Gasteiger partial charge in [0, 0.05) is 12.7 Å². The number of amides is 1. The quantitative estimate of drug-likeness (QED) is 0.855. The average Bonchev–Trinajstić information content (AvgIpc) is 2.99. The highest BCUT2D eigenvalue weighted by Gasteiger charge is 2.29. The van der Waals surface area contributed by atoms with Crippen molar-refractivity contribution in [1.82, 2.24) is 14.7 Å².